The van der Waals surface area contributed by atoms with Crippen LogP contribution in [-0.4, -0.2) is 75.0 Å². The highest BCUT2D eigenvalue weighted by Crippen LogP contribution is 2.53. The van der Waals surface area contributed by atoms with E-state index < -0.39 is 6.04 Å². The number of hydrogen-bond donors (Lipinski definition) is 1. The zero-order valence-electron chi connectivity index (χ0n) is 21.5. The molecule has 2 aromatic carbocycles. The highest BCUT2D eigenvalue weighted by molar-refractivity contribution is 5.86. The molecule has 8 nitrogen and oxygen atoms in total. The molecule has 3 aliphatic rings. The number of hydrogen-bond acceptors (Lipinski definition) is 7. The summed E-state index contributed by atoms with van der Waals surface area (Å²) in [6, 6.07) is 3.10. The summed E-state index contributed by atoms with van der Waals surface area (Å²) in [5, 5.41) is 10.6. The SMILES string of the molecule is COc1cc2c(c(OC)c1C)CC1C(=O)N3[C@@H](CO)c4c(cc(C)c(OC)c4OC)C[C@H]3C2N1C. The summed E-state index contributed by atoms with van der Waals surface area (Å²) in [6.45, 7) is 3.78. The molecule has 1 saturated heterocycles. The van der Waals surface area contributed by atoms with Crippen LogP contribution in [0.15, 0.2) is 12.1 Å². The fourth-order valence-corrected chi connectivity index (χ4v) is 6.73. The molecule has 2 bridgehead atoms. The van der Waals surface area contributed by atoms with Gasteiger partial charge in [-0.05, 0) is 50.1 Å². The first-order chi connectivity index (χ1) is 16.8. The molecular weight excluding hydrogens is 448 g/mol. The second-order valence-corrected chi connectivity index (χ2v) is 9.68. The zero-order valence-corrected chi connectivity index (χ0v) is 21.5. The molecule has 3 aliphatic heterocycles. The molecule has 35 heavy (non-hydrogen) atoms. The first kappa shape index (κ1) is 23.8. The fourth-order valence-electron chi connectivity index (χ4n) is 6.73. The van der Waals surface area contributed by atoms with Crippen molar-refractivity contribution in [3.63, 3.8) is 0 Å². The summed E-state index contributed by atoms with van der Waals surface area (Å²) in [5.74, 6) is 2.81. The Bertz CT molecular complexity index is 1200. The van der Waals surface area contributed by atoms with Gasteiger partial charge in [0.25, 0.3) is 0 Å². The van der Waals surface area contributed by atoms with Crippen molar-refractivity contribution in [2.45, 2.75) is 50.9 Å². The van der Waals surface area contributed by atoms with Crippen molar-refractivity contribution in [1.82, 2.24) is 9.80 Å². The minimum absolute atomic E-state index is 0.0150. The Hall–Kier alpha value is -2.97. The number of piperazine rings is 1. The lowest BCUT2D eigenvalue weighted by Gasteiger charge is -2.57. The van der Waals surface area contributed by atoms with Gasteiger partial charge in [-0.1, -0.05) is 6.07 Å². The van der Waals surface area contributed by atoms with Crippen LogP contribution in [0.4, 0.5) is 0 Å². The third-order valence-electron chi connectivity index (χ3n) is 8.18. The molecule has 2 unspecified atom stereocenters. The summed E-state index contributed by atoms with van der Waals surface area (Å²) in [7, 11) is 8.58. The van der Waals surface area contributed by atoms with Crippen molar-refractivity contribution in [1.29, 1.82) is 0 Å². The van der Waals surface area contributed by atoms with Crippen LogP contribution in [0.5, 0.6) is 23.0 Å². The molecule has 8 heteroatoms. The predicted octanol–water partition coefficient (Wildman–Crippen LogP) is 2.74. The number of aliphatic hydroxyl groups excluding tert-OH is 1. The van der Waals surface area contributed by atoms with Gasteiger partial charge in [0.2, 0.25) is 5.91 Å². The zero-order chi connectivity index (χ0) is 25.2. The summed E-state index contributed by atoms with van der Waals surface area (Å²) >= 11 is 0. The summed E-state index contributed by atoms with van der Waals surface area (Å²) in [4.78, 5) is 18.1. The van der Waals surface area contributed by atoms with Gasteiger partial charge in [0.15, 0.2) is 11.5 Å². The number of carbonyl (C=O) groups is 1. The second kappa shape index (κ2) is 8.60. The van der Waals surface area contributed by atoms with Gasteiger partial charge in [-0.25, -0.2) is 0 Å². The van der Waals surface area contributed by atoms with E-state index in [0.29, 0.717) is 24.3 Å². The molecule has 0 aliphatic carbocycles. The van der Waals surface area contributed by atoms with Gasteiger partial charge in [-0.3, -0.25) is 9.69 Å². The number of amides is 1. The molecule has 0 spiro atoms. The third kappa shape index (κ3) is 3.16. The van der Waals surface area contributed by atoms with Gasteiger partial charge in [0.1, 0.15) is 11.5 Å². The van der Waals surface area contributed by atoms with Gasteiger partial charge < -0.3 is 29.0 Å². The van der Waals surface area contributed by atoms with Crippen LogP contribution in [0.3, 0.4) is 0 Å². The van der Waals surface area contributed by atoms with E-state index in [0.717, 1.165) is 44.9 Å². The van der Waals surface area contributed by atoms with E-state index in [1.54, 1.807) is 28.4 Å². The average molecular weight is 483 g/mol. The van der Waals surface area contributed by atoms with Crippen LogP contribution in [0, 0.1) is 13.8 Å². The molecule has 188 valence electrons. The number of ether oxygens (including phenoxy) is 4. The van der Waals surface area contributed by atoms with Gasteiger partial charge in [0.05, 0.1) is 59.2 Å². The van der Waals surface area contributed by atoms with Gasteiger partial charge in [-0.2, -0.15) is 0 Å². The maximum Gasteiger partial charge on any atom is 0.241 e. The number of benzene rings is 2. The monoisotopic (exact) mass is 482 g/mol. The van der Waals surface area contributed by atoms with Crippen LogP contribution < -0.4 is 18.9 Å². The number of aryl methyl sites for hydroxylation is 1. The molecule has 0 radical (unpaired) electrons. The Labute approximate surface area is 206 Å². The Balaban J connectivity index is 1.74. The molecule has 5 rings (SSSR count). The number of nitrogens with zero attached hydrogens (tertiary/aromatic N) is 2. The van der Waals surface area contributed by atoms with Crippen LogP contribution in [0.1, 0.15) is 45.5 Å². The molecular formula is C27H34N2O6. The summed E-state index contributed by atoms with van der Waals surface area (Å²) in [6.07, 6.45) is 1.18. The smallest absolute Gasteiger partial charge is 0.241 e. The lowest BCUT2D eigenvalue weighted by Crippen LogP contribution is -2.66. The maximum absolute atomic E-state index is 14.0. The van der Waals surface area contributed by atoms with E-state index in [9.17, 15) is 9.90 Å². The highest BCUT2D eigenvalue weighted by atomic mass is 16.5. The van der Waals surface area contributed by atoms with Gasteiger partial charge in [-0.15, -0.1) is 0 Å². The van der Waals surface area contributed by atoms with E-state index >= 15 is 0 Å². The van der Waals surface area contributed by atoms with Crippen LogP contribution in [0.25, 0.3) is 0 Å². The second-order valence-electron chi connectivity index (χ2n) is 9.68. The van der Waals surface area contributed by atoms with Crippen molar-refractivity contribution in [2.24, 2.45) is 0 Å². The van der Waals surface area contributed by atoms with E-state index in [1.165, 1.54) is 0 Å². The normalized spacial score (nSPS) is 24.9. The lowest BCUT2D eigenvalue weighted by molar-refractivity contribution is -0.158. The standard InChI is InChI=1S/C27H34N2O6/c1-13-8-15-9-18-23-16-11-21(32-4)14(2)25(34-6)17(16)10-19(28(23)3)27(31)29(18)20(12-30)22(15)26(35-7)24(13)33-5/h8,11,18-20,23,30H,9-10,12H2,1-7H3/t18-,19?,20-,23?/m0/s1. The number of aliphatic hydroxyl groups is 1. The largest absolute Gasteiger partial charge is 0.496 e. The summed E-state index contributed by atoms with van der Waals surface area (Å²) in [5.41, 5.74) is 5.99. The number of fused-ring (bicyclic) bond motifs is 7. The van der Waals surface area contributed by atoms with Crippen LogP contribution in [0.2, 0.25) is 0 Å². The van der Waals surface area contributed by atoms with Crippen molar-refractivity contribution in [3.8, 4) is 23.0 Å². The predicted molar refractivity (Wildman–Crippen MR) is 131 cm³/mol. The molecule has 3 heterocycles. The Kier molecular flexibility index (Phi) is 5.84. The third-order valence-corrected chi connectivity index (χ3v) is 8.18. The molecule has 4 atom stereocenters. The number of carbonyl (C=O) groups excluding carboxylic acids is 1. The van der Waals surface area contributed by atoms with E-state index in [4.69, 9.17) is 18.9 Å². The van der Waals surface area contributed by atoms with Gasteiger partial charge in [0, 0.05) is 23.1 Å². The van der Waals surface area contributed by atoms with Crippen molar-refractivity contribution in [3.05, 3.63) is 45.5 Å². The number of likely N-dealkylation sites (N-methyl/N-ethyl adjacent to an activating group) is 1. The Morgan fingerprint density at radius 1 is 0.971 bits per heavy atom. The number of rotatable bonds is 5. The minimum atomic E-state index is -0.518. The van der Waals surface area contributed by atoms with Crippen molar-refractivity contribution in [2.75, 3.05) is 42.1 Å². The maximum atomic E-state index is 14.0. The first-order valence-corrected chi connectivity index (χ1v) is 12.0. The Morgan fingerprint density at radius 3 is 2.26 bits per heavy atom. The quantitative estimate of drug-likeness (QED) is 0.702. The molecule has 2 aromatic rings. The highest BCUT2D eigenvalue weighted by Gasteiger charge is 2.54. The fraction of sp³-hybridized carbons (Fsp3) is 0.519. The van der Waals surface area contributed by atoms with E-state index in [-0.39, 0.29) is 30.6 Å². The van der Waals surface area contributed by atoms with Crippen LogP contribution in [-0.2, 0) is 17.6 Å². The molecule has 1 fully saturated rings. The van der Waals surface area contributed by atoms with Crippen molar-refractivity contribution >= 4 is 5.91 Å². The topological polar surface area (TPSA) is 80.7 Å². The number of methoxy groups -OCH3 is 4. The van der Waals surface area contributed by atoms with Gasteiger partial charge >= 0.3 is 0 Å². The molecule has 1 amide bonds. The van der Waals surface area contributed by atoms with Crippen molar-refractivity contribution < 1.29 is 28.8 Å². The Morgan fingerprint density at radius 2 is 1.66 bits per heavy atom. The van der Waals surface area contributed by atoms with E-state index in [2.05, 4.69) is 17.0 Å². The minimum Gasteiger partial charge on any atom is -0.496 e. The average Bonchev–Trinajstić information content (AvgIpc) is 2.85. The molecule has 1 N–H and O–H groups in total. The molecule has 0 saturated carbocycles. The van der Waals surface area contributed by atoms with E-state index in [1.807, 2.05) is 25.8 Å². The first-order valence-electron chi connectivity index (χ1n) is 12.0. The van der Waals surface area contributed by atoms with Crippen LogP contribution >= 0.6 is 0 Å². The lowest BCUT2D eigenvalue weighted by atomic mass is 9.74. The summed E-state index contributed by atoms with van der Waals surface area (Å²) < 4.78 is 23.0. The molecule has 0 aromatic heterocycles.